The van der Waals surface area contributed by atoms with Gasteiger partial charge in [0.25, 0.3) is 0 Å². The van der Waals surface area contributed by atoms with Gasteiger partial charge in [0.2, 0.25) is 11.7 Å². The van der Waals surface area contributed by atoms with Gasteiger partial charge in [-0.3, -0.25) is 4.79 Å². The molecule has 0 aromatic heterocycles. The topological polar surface area (TPSA) is 60.0 Å². The molecule has 0 radical (unpaired) electrons. The van der Waals surface area contributed by atoms with Crippen LogP contribution < -0.4 is 24.4 Å². The number of methoxy groups -OCH3 is 3. The van der Waals surface area contributed by atoms with E-state index in [0.29, 0.717) is 22.9 Å². The molecule has 1 heterocycles. The van der Waals surface area contributed by atoms with Gasteiger partial charge in [0.15, 0.2) is 11.5 Å². The molecular weight excluding hydrogens is 320 g/mol. The maximum atomic E-state index is 12.6. The van der Waals surface area contributed by atoms with E-state index in [0.717, 1.165) is 25.8 Å². The van der Waals surface area contributed by atoms with Crippen LogP contribution in [0.15, 0.2) is 12.1 Å². The molecule has 0 saturated carbocycles. The molecule has 1 unspecified atom stereocenters. The number of hydrogen-bond donors (Lipinski definition) is 1. The molecule has 23 heavy (non-hydrogen) atoms. The number of nitrogens with zero attached hydrogens (tertiary/aromatic N) is 1. The Kier molecular flexibility index (Phi) is 7.45. The predicted molar refractivity (Wildman–Crippen MR) is 92.4 cm³/mol. The highest BCUT2D eigenvalue weighted by Gasteiger charge is 2.26. The van der Waals surface area contributed by atoms with Gasteiger partial charge in [-0.05, 0) is 19.4 Å². The van der Waals surface area contributed by atoms with Crippen molar-refractivity contribution in [3.8, 4) is 17.2 Å². The second kappa shape index (κ2) is 8.84. The van der Waals surface area contributed by atoms with E-state index in [1.165, 1.54) is 0 Å². The first kappa shape index (κ1) is 19.4. The number of benzene rings is 1. The first-order valence-corrected chi connectivity index (χ1v) is 7.43. The Balaban J connectivity index is 0.00000264. The van der Waals surface area contributed by atoms with E-state index in [-0.39, 0.29) is 24.4 Å². The second-order valence-electron chi connectivity index (χ2n) is 5.28. The number of likely N-dealkylation sites (N-methyl/N-ethyl adjacent to an activating group) is 1. The summed E-state index contributed by atoms with van der Waals surface area (Å²) in [6, 6.07) is 3.43. The molecular formula is C16H25ClN2O4. The molecule has 1 fully saturated rings. The quantitative estimate of drug-likeness (QED) is 0.887. The Bertz CT molecular complexity index is 508. The van der Waals surface area contributed by atoms with Crippen LogP contribution in [0.25, 0.3) is 0 Å². The Hall–Kier alpha value is -1.66. The number of nitrogens with one attached hydrogen (secondary N) is 1. The molecule has 2 rings (SSSR count). The molecule has 6 nitrogen and oxygen atoms in total. The summed E-state index contributed by atoms with van der Waals surface area (Å²) >= 11 is 0. The van der Waals surface area contributed by atoms with Crippen LogP contribution in [-0.2, 0) is 4.79 Å². The van der Waals surface area contributed by atoms with Gasteiger partial charge < -0.3 is 24.4 Å². The molecule has 1 N–H and O–H groups in total. The van der Waals surface area contributed by atoms with Crippen molar-refractivity contribution >= 4 is 24.0 Å². The third-order valence-corrected chi connectivity index (χ3v) is 3.98. The Morgan fingerprint density at radius 2 is 1.74 bits per heavy atom. The number of halogens is 1. The average Bonchev–Trinajstić information content (AvgIpc) is 2.59. The molecule has 7 heteroatoms. The summed E-state index contributed by atoms with van der Waals surface area (Å²) in [5.41, 5.74) is 0.715. The van der Waals surface area contributed by atoms with Crippen LogP contribution in [0, 0.1) is 0 Å². The summed E-state index contributed by atoms with van der Waals surface area (Å²) in [7, 11) is 6.44. The van der Waals surface area contributed by atoms with E-state index in [1.54, 1.807) is 45.4 Å². The molecule has 1 saturated heterocycles. The number of rotatable bonds is 5. The van der Waals surface area contributed by atoms with Gasteiger partial charge in [-0.1, -0.05) is 6.42 Å². The van der Waals surface area contributed by atoms with Crippen molar-refractivity contribution in [3.63, 3.8) is 0 Å². The zero-order valence-electron chi connectivity index (χ0n) is 14.0. The van der Waals surface area contributed by atoms with E-state index in [4.69, 9.17) is 14.2 Å². The number of hydrogen-bond acceptors (Lipinski definition) is 5. The highest BCUT2D eigenvalue weighted by molar-refractivity contribution is 5.97. The lowest BCUT2D eigenvalue weighted by molar-refractivity contribution is -0.120. The minimum atomic E-state index is -0.127. The first-order chi connectivity index (χ1) is 10.6. The standard InChI is InChI=1S/C16H24N2O4.ClH/c1-18(16(19)12-7-5-6-8-17-12)11-9-13(20-2)15(22-4)14(10-11)21-3;/h9-10,12,17H,5-8H2,1-4H3;1H. The SMILES string of the molecule is COc1cc(N(C)C(=O)C2CCCCN2)cc(OC)c1OC.Cl. The van der Waals surface area contributed by atoms with Gasteiger partial charge >= 0.3 is 0 Å². The van der Waals surface area contributed by atoms with E-state index in [1.807, 2.05) is 0 Å². The molecule has 1 aromatic carbocycles. The van der Waals surface area contributed by atoms with Crippen molar-refractivity contribution in [1.29, 1.82) is 0 Å². The zero-order chi connectivity index (χ0) is 16.1. The summed E-state index contributed by atoms with van der Waals surface area (Å²) in [6.07, 6.45) is 3.07. The summed E-state index contributed by atoms with van der Waals surface area (Å²) in [5, 5.41) is 3.27. The smallest absolute Gasteiger partial charge is 0.243 e. The van der Waals surface area contributed by atoms with E-state index >= 15 is 0 Å². The minimum Gasteiger partial charge on any atom is -0.493 e. The van der Waals surface area contributed by atoms with Gasteiger partial charge in [-0.2, -0.15) is 0 Å². The maximum absolute atomic E-state index is 12.6. The number of anilines is 1. The van der Waals surface area contributed by atoms with Crippen molar-refractivity contribution in [2.24, 2.45) is 0 Å². The van der Waals surface area contributed by atoms with Gasteiger partial charge in [0.1, 0.15) is 0 Å². The van der Waals surface area contributed by atoms with Crippen LogP contribution in [-0.4, -0.2) is 46.9 Å². The van der Waals surface area contributed by atoms with Crippen LogP contribution in [0.3, 0.4) is 0 Å². The Labute approximate surface area is 143 Å². The molecule has 1 aliphatic rings. The summed E-state index contributed by atoms with van der Waals surface area (Å²) < 4.78 is 16.0. The van der Waals surface area contributed by atoms with Crippen molar-refractivity contribution in [2.75, 3.05) is 39.8 Å². The molecule has 130 valence electrons. The minimum absolute atomic E-state index is 0. The molecule has 1 aliphatic heterocycles. The lowest BCUT2D eigenvalue weighted by Crippen LogP contribution is -2.47. The van der Waals surface area contributed by atoms with Crippen LogP contribution in [0.5, 0.6) is 17.2 Å². The summed E-state index contributed by atoms with van der Waals surface area (Å²) in [4.78, 5) is 14.2. The van der Waals surface area contributed by atoms with Crippen molar-refractivity contribution in [2.45, 2.75) is 25.3 Å². The van der Waals surface area contributed by atoms with Crippen LogP contribution in [0.4, 0.5) is 5.69 Å². The fraction of sp³-hybridized carbons (Fsp3) is 0.562. The van der Waals surface area contributed by atoms with Crippen LogP contribution in [0.2, 0.25) is 0 Å². The number of ether oxygens (including phenoxy) is 3. The number of carbonyl (C=O) groups excluding carboxylic acids is 1. The molecule has 0 aliphatic carbocycles. The molecule has 0 spiro atoms. The average molecular weight is 345 g/mol. The Morgan fingerprint density at radius 1 is 1.13 bits per heavy atom. The normalized spacial score (nSPS) is 17.0. The van der Waals surface area contributed by atoms with Gasteiger partial charge in [-0.25, -0.2) is 0 Å². The number of piperidine rings is 1. The van der Waals surface area contributed by atoms with E-state index in [9.17, 15) is 4.79 Å². The maximum Gasteiger partial charge on any atom is 0.243 e. The lowest BCUT2D eigenvalue weighted by Gasteiger charge is -2.28. The highest BCUT2D eigenvalue weighted by atomic mass is 35.5. The monoisotopic (exact) mass is 344 g/mol. The predicted octanol–water partition coefficient (Wildman–Crippen LogP) is 2.24. The van der Waals surface area contributed by atoms with Crippen molar-refractivity contribution in [1.82, 2.24) is 5.32 Å². The third kappa shape index (κ3) is 4.20. The zero-order valence-corrected chi connectivity index (χ0v) is 14.9. The fourth-order valence-corrected chi connectivity index (χ4v) is 2.68. The third-order valence-electron chi connectivity index (χ3n) is 3.98. The Morgan fingerprint density at radius 3 is 2.17 bits per heavy atom. The highest BCUT2D eigenvalue weighted by Crippen LogP contribution is 2.40. The van der Waals surface area contributed by atoms with Gasteiger partial charge in [0, 0.05) is 19.2 Å². The van der Waals surface area contributed by atoms with Crippen LogP contribution in [0.1, 0.15) is 19.3 Å². The summed E-state index contributed by atoms with van der Waals surface area (Å²) in [5.74, 6) is 1.64. The van der Waals surface area contributed by atoms with Gasteiger partial charge in [-0.15, -0.1) is 12.4 Å². The number of amides is 1. The second-order valence-corrected chi connectivity index (χ2v) is 5.28. The lowest BCUT2D eigenvalue weighted by atomic mass is 10.0. The largest absolute Gasteiger partial charge is 0.493 e. The first-order valence-electron chi connectivity index (χ1n) is 7.43. The molecule has 1 atom stereocenters. The van der Waals surface area contributed by atoms with E-state index < -0.39 is 0 Å². The summed E-state index contributed by atoms with van der Waals surface area (Å²) in [6.45, 7) is 0.888. The van der Waals surface area contributed by atoms with E-state index in [2.05, 4.69) is 5.32 Å². The van der Waals surface area contributed by atoms with Crippen molar-refractivity contribution in [3.05, 3.63) is 12.1 Å². The number of carbonyl (C=O) groups is 1. The fourth-order valence-electron chi connectivity index (χ4n) is 2.68. The molecule has 1 aromatic rings. The van der Waals surface area contributed by atoms with Crippen LogP contribution >= 0.6 is 12.4 Å². The molecule has 1 amide bonds. The molecule has 0 bridgehead atoms. The van der Waals surface area contributed by atoms with Gasteiger partial charge in [0.05, 0.1) is 33.1 Å². The van der Waals surface area contributed by atoms with Crippen molar-refractivity contribution < 1.29 is 19.0 Å².